The van der Waals surface area contributed by atoms with E-state index in [4.69, 9.17) is 16.3 Å². The van der Waals surface area contributed by atoms with Crippen molar-refractivity contribution < 1.29 is 41.9 Å². The van der Waals surface area contributed by atoms with E-state index >= 15 is 0 Å². The van der Waals surface area contributed by atoms with Gasteiger partial charge in [-0.15, -0.1) is 0 Å². The lowest BCUT2D eigenvalue weighted by Gasteiger charge is -2.13. The molecule has 0 atom stereocenters. The first-order valence-electron chi connectivity index (χ1n) is 8.72. The summed E-state index contributed by atoms with van der Waals surface area (Å²) in [5.41, 5.74) is -2.15. The van der Waals surface area contributed by atoms with Crippen molar-refractivity contribution in [2.45, 2.75) is 26.4 Å². The number of carbonyl (C=O) groups excluding carboxylic acids is 2. The molecule has 0 unspecified atom stereocenters. The van der Waals surface area contributed by atoms with Crippen molar-refractivity contribution in [2.24, 2.45) is 0 Å². The first kappa shape index (κ1) is 23.9. The van der Waals surface area contributed by atoms with Gasteiger partial charge in [-0.3, -0.25) is 10.1 Å². The van der Waals surface area contributed by atoms with Crippen molar-refractivity contribution in [3.8, 4) is 11.5 Å². The molecule has 2 rings (SSSR count). The summed E-state index contributed by atoms with van der Waals surface area (Å²) in [6.45, 7) is 2.94. The van der Waals surface area contributed by atoms with Crippen molar-refractivity contribution in [2.75, 3.05) is 6.61 Å². The fourth-order valence-electron chi connectivity index (χ4n) is 2.53. The summed E-state index contributed by atoms with van der Waals surface area (Å²) in [5, 5.41) is 11.1. The predicted molar refractivity (Wildman–Crippen MR) is 101 cm³/mol. The number of halogens is 4. The number of ether oxygens (including phenoxy) is 3. The predicted octanol–water partition coefficient (Wildman–Crippen LogP) is 5.94. The van der Waals surface area contributed by atoms with Gasteiger partial charge in [-0.05, 0) is 37.6 Å². The van der Waals surface area contributed by atoms with E-state index in [0.717, 1.165) is 18.2 Å². The molecule has 0 aromatic heterocycles. The Labute approximate surface area is 178 Å². The minimum Gasteiger partial charge on any atom is -0.456 e. The topological polar surface area (TPSA) is 105 Å². The fourth-order valence-corrected chi connectivity index (χ4v) is 2.75. The van der Waals surface area contributed by atoms with Gasteiger partial charge in [-0.25, -0.2) is 9.59 Å². The molecule has 2 aromatic rings. The molecule has 0 radical (unpaired) electrons. The lowest BCUT2D eigenvalue weighted by Crippen LogP contribution is -2.16. The lowest BCUT2D eigenvalue weighted by atomic mass is 10.0. The van der Waals surface area contributed by atoms with E-state index in [1.54, 1.807) is 6.92 Å². The number of hydrogen-bond donors (Lipinski definition) is 0. The third-order valence-electron chi connectivity index (χ3n) is 3.87. The third-order valence-corrected chi connectivity index (χ3v) is 4.17. The van der Waals surface area contributed by atoms with E-state index < -0.39 is 40.0 Å². The Kier molecular flexibility index (Phi) is 7.45. The number of nitro groups is 1. The minimum atomic E-state index is -4.62. The molecule has 0 saturated carbocycles. The molecule has 0 aliphatic heterocycles. The molecule has 0 saturated heterocycles. The second-order valence-electron chi connectivity index (χ2n) is 5.91. The number of alkyl halides is 3. The quantitative estimate of drug-likeness (QED) is 0.227. The molecule has 12 heteroatoms. The number of benzene rings is 2. The normalized spacial score (nSPS) is 11.0. The maximum atomic E-state index is 12.8. The van der Waals surface area contributed by atoms with Gasteiger partial charge in [0.05, 0.1) is 22.1 Å². The van der Waals surface area contributed by atoms with Gasteiger partial charge in [0.25, 0.3) is 5.69 Å². The summed E-state index contributed by atoms with van der Waals surface area (Å²) >= 11 is 5.86. The van der Waals surface area contributed by atoms with Crippen molar-refractivity contribution in [1.82, 2.24) is 0 Å². The van der Waals surface area contributed by atoms with Crippen molar-refractivity contribution in [3.63, 3.8) is 0 Å². The molecular formula is C19H15ClF3NO7. The molecule has 0 amide bonds. The van der Waals surface area contributed by atoms with Gasteiger partial charge in [-0.2, -0.15) is 13.2 Å². The minimum absolute atomic E-state index is 0.0568. The van der Waals surface area contributed by atoms with E-state index in [2.05, 4.69) is 9.47 Å². The summed E-state index contributed by atoms with van der Waals surface area (Å²) in [7, 11) is 0. The maximum Gasteiger partial charge on any atom is 0.516 e. The molecule has 0 fully saturated rings. The molecular weight excluding hydrogens is 447 g/mol. The van der Waals surface area contributed by atoms with Crippen LogP contribution in [0.5, 0.6) is 11.5 Å². The molecule has 31 heavy (non-hydrogen) atoms. The van der Waals surface area contributed by atoms with Crippen molar-refractivity contribution in [3.05, 3.63) is 62.2 Å². The second-order valence-corrected chi connectivity index (χ2v) is 6.31. The Morgan fingerprint density at radius 1 is 1.16 bits per heavy atom. The van der Waals surface area contributed by atoms with Gasteiger partial charge in [-0.1, -0.05) is 18.5 Å². The van der Waals surface area contributed by atoms with Crippen LogP contribution in [-0.4, -0.2) is 23.7 Å². The van der Waals surface area contributed by atoms with E-state index in [-0.39, 0.29) is 35.1 Å². The molecule has 2 aromatic carbocycles. The first-order valence-corrected chi connectivity index (χ1v) is 9.10. The number of nitrogens with zero attached hydrogens (tertiary/aromatic N) is 1. The average molecular weight is 462 g/mol. The summed E-state index contributed by atoms with van der Waals surface area (Å²) in [4.78, 5) is 34.4. The molecule has 0 heterocycles. The number of esters is 1. The summed E-state index contributed by atoms with van der Waals surface area (Å²) in [6.07, 6.45) is -5.87. The highest BCUT2D eigenvalue weighted by Gasteiger charge is 2.32. The highest BCUT2D eigenvalue weighted by atomic mass is 35.5. The van der Waals surface area contributed by atoms with Gasteiger partial charge in [0, 0.05) is 11.6 Å². The van der Waals surface area contributed by atoms with Crippen molar-refractivity contribution in [1.29, 1.82) is 0 Å². The van der Waals surface area contributed by atoms with Crippen LogP contribution in [0.2, 0.25) is 5.02 Å². The summed E-state index contributed by atoms with van der Waals surface area (Å²) in [6, 6.07) is 4.51. The largest absolute Gasteiger partial charge is 0.516 e. The Balaban J connectivity index is 2.48. The van der Waals surface area contributed by atoms with Crippen LogP contribution in [0, 0.1) is 10.1 Å². The Morgan fingerprint density at radius 3 is 2.35 bits per heavy atom. The number of nitro benzene ring substituents is 1. The monoisotopic (exact) mass is 461 g/mol. The summed E-state index contributed by atoms with van der Waals surface area (Å²) < 4.78 is 52.7. The van der Waals surface area contributed by atoms with Gasteiger partial charge < -0.3 is 14.2 Å². The zero-order chi connectivity index (χ0) is 23.3. The zero-order valence-corrected chi connectivity index (χ0v) is 16.9. The van der Waals surface area contributed by atoms with E-state index in [1.807, 2.05) is 0 Å². The summed E-state index contributed by atoms with van der Waals surface area (Å²) in [5.74, 6) is -1.68. The highest BCUT2D eigenvalue weighted by molar-refractivity contribution is 6.32. The standard InChI is InChI=1S/C19H15ClF3NO7/c1-3-10-7-12(30-15-6-5-11(8-14(15)20)19(21,22)23)9-13(16(10)24(27)28)17(25)31-18(26)29-4-2/h5-9H,3-4H2,1-2H3. The second kappa shape index (κ2) is 9.65. The van der Waals surface area contributed by atoms with Gasteiger partial charge >= 0.3 is 18.3 Å². The zero-order valence-electron chi connectivity index (χ0n) is 16.1. The molecule has 0 aliphatic rings. The number of carbonyl (C=O) groups is 2. The van der Waals surface area contributed by atoms with Crippen LogP contribution in [0.15, 0.2) is 30.3 Å². The highest BCUT2D eigenvalue weighted by Crippen LogP contribution is 2.38. The van der Waals surface area contributed by atoms with Crippen LogP contribution in [0.1, 0.15) is 35.3 Å². The Morgan fingerprint density at radius 2 is 1.84 bits per heavy atom. The SMILES string of the molecule is CCOC(=O)OC(=O)c1cc(Oc2ccc(C(F)(F)F)cc2Cl)cc(CC)c1[N+](=O)[O-]. The van der Waals surface area contributed by atoms with Gasteiger partial charge in [0.15, 0.2) is 0 Å². The van der Waals surface area contributed by atoms with Crippen LogP contribution >= 0.6 is 11.6 Å². The number of hydrogen-bond acceptors (Lipinski definition) is 7. The van der Waals surface area contributed by atoms with E-state index in [1.165, 1.54) is 13.0 Å². The molecule has 0 bridgehead atoms. The molecule has 0 spiro atoms. The van der Waals surface area contributed by atoms with E-state index in [0.29, 0.717) is 6.07 Å². The number of rotatable bonds is 6. The van der Waals surface area contributed by atoms with Crippen LogP contribution in [0.4, 0.5) is 23.7 Å². The Bertz CT molecular complexity index is 1020. The lowest BCUT2D eigenvalue weighted by molar-refractivity contribution is -0.385. The Hall–Kier alpha value is -3.34. The van der Waals surface area contributed by atoms with Crippen LogP contribution in [-0.2, 0) is 22.1 Å². The van der Waals surface area contributed by atoms with E-state index in [9.17, 15) is 32.9 Å². The van der Waals surface area contributed by atoms with Gasteiger partial charge in [0.2, 0.25) is 0 Å². The molecule has 8 nitrogen and oxygen atoms in total. The molecule has 166 valence electrons. The first-order chi connectivity index (χ1) is 14.5. The smallest absolute Gasteiger partial charge is 0.456 e. The number of aryl methyl sites for hydroxylation is 1. The molecule has 0 N–H and O–H groups in total. The average Bonchev–Trinajstić information content (AvgIpc) is 2.67. The van der Waals surface area contributed by atoms with Crippen LogP contribution < -0.4 is 4.74 Å². The van der Waals surface area contributed by atoms with Crippen LogP contribution in [0.3, 0.4) is 0 Å². The fraction of sp³-hybridized carbons (Fsp3) is 0.263. The third kappa shape index (κ3) is 5.85. The maximum absolute atomic E-state index is 12.8. The molecule has 0 aliphatic carbocycles. The van der Waals surface area contributed by atoms with Crippen LogP contribution in [0.25, 0.3) is 0 Å². The van der Waals surface area contributed by atoms with Crippen molar-refractivity contribution >= 4 is 29.4 Å². The van der Waals surface area contributed by atoms with Gasteiger partial charge in [0.1, 0.15) is 17.1 Å².